The highest BCUT2D eigenvalue weighted by molar-refractivity contribution is 5.77. The Labute approximate surface area is 86.1 Å². The fraction of sp³-hybridized carbons (Fsp3) is 0.909. The Balaban J connectivity index is 2.53. The molecule has 1 atom stereocenters. The van der Waals surface area contributed by atoms with Gasteiger partial charge in [0.1, 0.15) is 0 Å². The maximum atomic E-state index is 11.6. The molecule has 1 aliphatic rings. The number of likely N-dealkylation sites (tertiary alicyclic amines) is 1. The van der Waals surface area contributed by atoms with Gasteiger partial charge < -0.3 is 10.0 Å². The van der Waals surface area contributed by atoms with Gasteiger partial charge in [-0.1, -0.05) is 13.8 Å². The number of rotatable bonds is 4. The molecule has 82 valence electrons. The van der Waals surface area contributed by atoms with E-state index in [9.17, 15) is 9.90 Å². The summed E-state index contributed by atoms with van der Waals surface area (Å²) in [6.07, 6.45) is 3.66. The third kappa shape index (κ3) is 2.98. The summed E-state index contributed by atoms with van der Waals surface area (Å²) in [5, 5.41) is 9.25. The van der Waals surface area contributed by atoms with Crippen LogP contribution in [0.1, 0.15) is 39.5 Å². The van der Waals surface area contributed by atoms with Gasteiger partial charge in [0.05, 0.1) is 12.6 Å². The molecule has 0 spiro atoms. The minimum Gasteiger partial charge on any atom is -0.394 e. The first-order valence-corrected chi connectivity index (χ1v) is 5.55. The topological polar surface area (TPSA) is 40.5 Å². The van der Waals surface area contributed by atoms with E-state index in [4.69, 9.17) is 0 Å². The molecule has 1 fully saturated rings. The minimum atomic E-state index is 0.0443. The summed E-state index contributed by atoms with van der Waals surface area (Å²) < 4.78 is 0. The lowest BCUT2D eigenvalue weighted by Gasteiger charge is -2.34. The Morgan fingerprint density at radius 3 is 2.64 bits per heavy atom. The van der Waals surface area contributed by atoms with Crippen LogP contribution in [0.4, 0.5) is 0 Å². The number of hydrogen-bond donors (Lipinski definition) is 1. The summed E-state index contributed by atoms with van der Waals surface area (Å²) in [6.45, 7) is 5.18. The second-order valence-electron chi connectivity index (χ2n) is 4.51. The van der Waals surface area contributed by atoms with Gasteiger partial charge in [-0.3, -0.25) is 4.79 Å². The van der Waals surface area contributed by atoms with Crippen LogP contribution < -0.4 is 0 Å². The van der Waals surface area contributed by atoms with Crippen LogP contribution in [-0.2, 0) is 4.79 Å². The molecule has 1 saturated heterocycles. The van der Waals surface area contributed by atoms with Crippen LogP contribution in [0.2, 0.25) is 0 Å². The number of hydrogen-bond acceptors (Lipinski definition) is 2. The summed E-state index contributed by atoms with van der Waals surface area (Å²) in [5.74, 6) is 0.748. The van der Waals surface area contributed by atoms with E-state index in [1.807, 2.05) is 4.90 Å². The van der Waals surface area contributed by atoms with Gasteiger partial charge in [-0.2, -0.15) is 0 Å². The molecule has 0 radical (unpaired) electrons. The van der Waals surface area contributed by atoms with Crippen molar-refractivity contribution < 1.29 is 9.90 Å². The largest absolute Gasteiger partial charge is 0.394 e. The van der Waals surface area contributed by atoms with Crippen LogP contribution in [0.5, 0.6) is 0 Å². The van der Waals surface area contributed by atoms with Crippen molar-refractivity contribution in [2.75, 3.05) is 13.2 Å². The van der Waals surface area contributed by atoms with Gasteiger partial charge in [0.25, 0.3) is 0 Å². The van der Waals surface area contributed by atoms with E-state index in [0.717, 1.165) is 25.8 Å². The molecule has 1 heterocycles. The number of aliphatic hydroxyl groups is 1. The Hall–Kier alpha value is -0.570. The van der Waals surface area contributed by atoms with Crippen LogP contribution in [-0.4, -0.2) is 35.1 Å². The van der Waals surface area contributed by atoms with E-state index >= 15 is 0 Å². The number of nitrogens with zero attached hydrogens (tertiary/aromatic N) is 1. The zero-order chi connectivity index (χ0) is 10.6. The molecule has 1 N–H and O–H groups in total. The lowest BCUT2D eigenvalue weighted by atomic mass is 10.00. The van der Waals surface area contributed by atoms with E-state index in [0.29, 0.717) is 12.3 Å². The quantitative estimate of drug-likeness (QED) is 0.743. The van der Waals surface area contributed by atoms with Crippen LogP contribution in [0.3, 0.4) is 0 Å². The lowest BCUT2D eigenvalue weighted by Crippen LogP contribution is -2.45. The second-order valence-corrected chi connectivity index (χ2v) is 4.51. The molecule has 1 aliphatic heterocycles. The molecule has 3 nitrogen and oxygen atoms in total. The first-order chi connectivity index (χ1) is 6.65. The van der Waals surface area contributed by atoms with Crippen molar-refractivity contribution >= 4 is 5.91 Å². The predicted octanol–water partition coefficient (Wildman–Crippen LogP) is 1.41. The van der Waals surface area contributed by atoms with Crippen molar-refractivity contribution in [2.45, 2.75) is 45.6 Å². The van der Waals surface area contributed by atoms with Gasteiger partial charge >= 0.3 is 0 Å². The first kappa shape index (κ1) is 11.5. The van der Waals surface area contributed by atoms with Crippen LogP contribution in [0.25, 0.3) is 0 Å². The fourth-order valence-electron chi connectivity index (χ4n) is 2.06. The standard InChI is InChI=1S/C11H21NO2/c1-9(2)7-10(8-13)12-6-4-3-5-11(12)14/h9-10,13H,3-8H2,1-2H3. The first-order valence-electron chi connectivity index (χ1n) is 5.55. The maximum Gasteiger partial charge on any atom is 0.222 e. The average molecular weight is 199 g/mol. The molecule has 0 bridgehead atoms. The van der Waals surface area contributed by atoms with E-state index < -0.39 is 0 Å². The van der Waals surface area contributed by atoms with Crippen LogP contribution in [0, 0.1) is 5.92 Å². The summed E-state index contributed by atoms with van der Waals surface area (Å²) in [7, 11) is 0. The molecule has 0 aromatic heterocycles. The third-order valence-corrected chi connectivity index (χ3v) is 2.76. The molecule has 0 aliphatic carbocycles. The van der Waals surface area contributed by atoms with Crippen molar-refractivity contribution in [2.24, 2.45) is 5.92 Å². The summed E-state index contributed by atoms with van der Waals surface area (Å²) in [6, 6.07) is 0.0443. The van der Waals surface area contributed by atoms with E-state index in [-0.39, 0.29) is 18.6 Å². The van der Waals surface area contributed by atoms with Crippen molar-refractivity contribution in [3.8, 4) is 0 Å². The minimum absolute atomic E-state index is 0.0443. The zero-order valence-electron chi connectivity index (χ0n) is 9.20. The molecule has 0 saturated carbocycles. The van der Waals surface area contributed by atoms with Gasteiger partial charge in [0.2, 0.25) is 5.91 Å². The molecule has 3 heteroatoms. The van der Waals surface area contributed by atoms with Crippen LogP contribution >= 0.6 is 0 Å². The molecule has 14 heavy (non-hydrogen) atoms. The molecular weight excluding hydrogens is 178 g/mol. The van der Waals surface area contributed by atoms with Crippen molar-refractivity contribution in [3.05, 3.63) is 0 Å². The fourth-order valence-corrected chi connectivity index (χ4v) is 2.06. The SMILES string of the molecule is CC(C)CC(CO)N1CCCCC1=O. The van der Waals surface area contributed by atoms with E-state index in [1.165, 1.54) is 0 Å². The Morgan fingerprint density at radius 2 is 2.14 bits per heavy atom. The van der Waals surface area contributed by atoms with Gasteiger partial charge in [-0.15, -0.1) is 0 Å². The molecule has 1 unspecified atom stereocenters. The molecule has 1 rings (SSSR count). The smallest absolute Gasteiger partial charge is 0.222 e. The summed E-state index contributed by atoms with van der Waals surface area (Å²) in [5.41, 5.74) is 0. The molecular formula is C11H21NO2. The van der Waals surface area contributed by atoms with Crippen LogP contribution in [0.15, 0.2) is 0 Å². The number of carbonyl (C=O) groups is 1. The molecule has 0 aromatic carbocycles. The third-order valence-electron chi connectivity index (χ3n) is 2.76. The Morgan fingerprint density at radius 1 is 1.43 bits per heavy atom. The van der Waals surface area contributed by atoms with Gasteiger partial charge in [-0.25, -0.2) is 0 Å². The highest BCUT2D eigenvalue weighted by Gasteiger charge is 2.25. The number of aliphatic hydroxyl groups excluding tert-OH is 1. The molecule has 1 amide bonds. The Kier molecular flexibility index (Phi) is 4.39. The summed E-state index contributed by atoms with van der Waals surface area (Å²) in [4.78, 5) is 13.5. The number of amides is 1. The molecule has 0 aromatic rings. The van der Waals surface area contributed by atoms with Gasteiger partial charge in [-0.05, 0) is 25.2 Å². The number of carbonyl (C=O) groups excluding carboxylic acids is 1. The van der Waals surface area contributed by atoms with Crippen molar-refractivity contribution in [3.63, 3.8) is 0 Å². The van der Waals surface area contributed by atoms with Crippen molar-refractivity contribution in [1.29, 1.82) is 0 Å². The maximum absolute atomic E-state index is 11.6. The van der Waals surface area contributed by atoms with Crippen molar-refractivity contribution in [1.82, 2.24) is 4.90 Å². The lowest BCUT2D eigenvalue weighted by molar-refractivity contribution is -0.137. The summed E-state index contributed by atoms with van der Waals surface area (Å²) >= 11 is 0. The average Bonchev–Trinajstić information content (AvgIpc) is 2.15. The monoisotopic (exact) mass is 199 g/mol. The Bertz CT molecular complexity index is 192. The normalized spacial score (nSPS) is 20.3. The van der Waals surface area contributed by atoms with E-state index in [1.54, 1.807) is 0 Å². The van der Waals surface area contributed by atoms with Gasteiger partial charge in [0.15, 0.2) is 0 Å². The zero-order valence-corrected chi connectivity index (χ0v) is 9.20. The number of piperidine rings is 1. The van der Waals surface area contributed by atoms with Gasteiger partial charge in [0, 0.05) is 13.0 Å². The van der Waals surface area contributed by atoms with E-state index in [2.05, 4.69) is 13.8 Å². The highest BCUT2D eigenvalue weighted by Crippen LogP contribution is 2.18. The predicted molar refractivity (Wildman–Crippen MR) is 55.9 cm³/mol. The second kappa shape index (κ2) is 5.35. The highest BCUT2D eigenvalue weighted by atomic mass is 16.3.